The van der Waals surface area contributed by atoms with Crippen molar-refractivity contribution in [2.75, 3.05) is 92.6 Å². The first kappa shape index (κ1) is 38.5. The molecule has 290 valence electrons. The molecule has 8 nitrogen and oxygen atoms in total. The number of ketones is 1. The quantitative estimate of drug-likeness (QED) is 0.256. The number of piperazine rings is 1. The predicted octanol–water partition coefficient (Wildman–Crippen LogP) is 7.30. The lowest BCUT2D eigenvalue weighted by molar-refractivity contribution is -0.114. The minimum atomic E-state index is -1.02. The molecule has 3 fully saturated rings. The number of carbonyl (C=O) groups is 1. The minimum Gasteiger partial charge on any atom is -0.378 e. The monoisotopic (exact) mass is 733 g/mol. The number of carbonyl (C=O) groups excluding carboxylic acids is 1. The van der Waals surface area contributed by atoms with Gasteiger partial charge in [0.25, 0.3) is 0 Å². The molecule has 2 heterocycles. The zero-order valence-corrected chi connectivity index (χ0v) is 34.1. The van der Waals surface area contributed by atoms with Gasteiger partial charge < -0.3 is 24.7 Å². The molecule has 7 rings (SSSR count). The van der Waals surface area contributed by atoms with E-state index in [0.717, 1.165) is 103 Å². The van der Waals surface area contributed by atoms with Gasteiger partial charge in [-0.1, -0.05) is 36.5 Å². The maximum Gasteiger partial charge on any atom is 0.156 e. The Bertz CT molecular complexity index is 1810. The number of rotatable bonds is 10. The number of hydrogen-bond donors (Lipinski definition) is 1. The topological polar surface area (TPSA) is 66.4 Å². The number of pyridine rings is 1. The molecule has 5 aliphatic rings. The van der Waals surface area contributed by atoms with Gasteiger partial charge in [-0.2, -0.15) is 0 Å². The molecule has 2 aromatic rings. The fourth-order valence-electron chi connectivity index (χ4n) is 10.8. The van der Waals surface area contributed by atoms with Gasteiger partial charge in [-0.05, 0) is 125 Å². The smallest absolute Gasteiger partial charge is 0.156 e. The van der Waals surface area contributed by atoms with E-state index in [1.807, 2.05) is 6.08 Å². The number of allylic oxidation sites excluding steroid dienone is 4. The van der Waals surface area contributed by atoms with Crippen LogP contribution in [-0.2, 0) is 4.79 Å². The molecule has 1 saturated heterocycles. The molecular weight excluding hydrogens is 669 g/mol. The number of fused-ring (bicyclic) bond motifs is 4. The Morgan fingerprint density at radius 2 is 1.59 bits per heavy atom. The number of benzene rings is 1. The van der Waals surface area contributed by atoms with Crippen molar-refractivity contribution in [3.63, 3.8) is 0 Å². The van der Waals surface area contributed by atoms with Crippen LogP contribution in [0.4, 0.5) is 23.0 Å². The van der Waals surface area contributed by atoms with E-state index in [1.54, 1.807) is 5.57 Å². The van der Waals surface area contributed by atoms with Crippen molar-refractivity contribution in [3.8, 4) is 11.8 Å². The summed E-state index contributed by atoms with van der Waals surface area (Å²) in [6.45, 7) is 19.3. The van der Waals surface area contributed by atoms with Crippen LogP contribution in [0.5, 0.6) is 0 Å². The summed E-state index contributed by atoms with van der Waals surface area (Å²) < 4.78 is 0. The van der Waals surface area contributed by atoms with E-state index in [2.05, 4.69) is 121 Å². The van der Waals surface area contributed by atoms with Crippen LogP contribution in [0.3, 0.4) is 0 Å². The van der Waals surface area contributed by atoms with Crippen LogP contribution < -0.4 is 19.6 Å². The van der Waals surface area contributed by atoms with Gasteiger partial charge in [-0.3, -0.25) is 9.69 Å². The van der Waals surface area contributed by atoms with Crippen LogP contribution in [0.25, 0.3) is 0 Å². The van der Waals surface area contributed by atoms with E-state index in [1.165, 1.54) is 28.1 Å². The second-order valence-corrected chi connectivity index (χ2v) is 16.8. The zero-order chi connectivity index (χ0) is 38.2. The highest BCUT2D eigenvalue weighted by molar-refractivity contribution is 5.93. The van der Waals surface area contributed by atoms with Crippen molar-refractivity contribution < 1.29 is 9.90 Å². The summed E-state index contributed by atoms with van der Waals surface area (Å²) in [7, 11) is 4.17. The standard InChI is InChI=1S/C46H64N6O2/c1-8-50(9-2)41-21-22-42(47-44(41)51(10-3)11-4)52-29-27-49(28-30-52)26-12-24-46(54)25-23-40-38-19-15-34-31-36(53)18-20-37(34)43(38)39(32-45(40,46)5)33-13-16-35(17-14-33)48(6)7/h13-14,16-17,21-22,31,38-40,54H,8-11,15,18-20,23,25-30,32H2,1-7H3/t38-,39+,40-,45-,46+/m0/s1. The normalized spacial score (nSPS) is 28.1. The van der Waals surface area contributed by atoms with Crippen molar-refractivity contribution in [2.45, 2.75) is 91.1 Å². The van der Waals surface area contributed by atoms with Gasteiger partial charge in [-0.25, -0.2) is 4.98 Å². The van der Waals surface area contributed by atoms with Crippen LogP contribution in [0.15, 0.2) is 59.2 Å². The van der Waals surface area contributed by atoms with Crippen LogP contribution in [-0.4, -0.2) is 99.4 Å². The number of nitrogens with zero attached hydrogens (tertiary/aromatic N) is 6. The van der Waals surface area contributed by atoms with E-state index >= 15 is 0 Å². The summed E-state index contributed by atoms with van der Waals surface area (Å²) in [5, 5.41) is 12.6. The van der Waals surface area contributed by atoms with Crippen molar-refractivity contribution in [1.82, 2.24) is 9.88 Å². The average Bonchev–Trinajstić information content (AvgIpc) is 3.45. The molecule has 0 unspecified atom stereocenters. The van der Waals surface area contributed by atoms with Crippen molar-refractivity contribution in [3.05, 3.63) is 64.8 Å². The van der Waals surface area contributed by atoms with E-state index in [9.17, 15) is 9.90 Å². The zero-order valence-electron chi connectivity index (χ0n) is 34.1. The molecule has 1 aliphatic heterocycles. The third-order valence-electron chi connectivity index (χ3n) is 14.0. The molecule has 2 saturated carbocycles. The number of anilines is 4. The largest absolute Gasteiger partial charge is 0.378 e. The molecule has 1 aromatic carbocycles. The molecule has 8 heteroatoms. The van der Waals surface area contributed by atoms with Gasteiger partial charge in [0.15, 0.2) is 11.6 Å². The second kappa shape index (κ2) is 15.7. The van der Waals surface area contributed by atoms with Gasteiger partial charge in [-0.15, -0.1) is 0 Å². The van der Waals surface area contributed by atoms with Crippen LogP contribution >= 0.6 is 0 Å². The van der Waals surface area contributed by atoms with Gasteiger partial charge in [0.05, 0.1) is 12.2 Å². The minimum absolute atomic E-state index is 0.218. The lowest BCUT2D eigenvalue weighted by atomic mass is 9.51. The third-order valence-corrected chi connectivity index (χ3v) is 14.0. The molecule has 0 bridgehead atoms. The summed E-state index contributed by atoms with van der Waals surface area (Å²) in [6, 6.07) is 13.5. The highest BCUT2D eigenvalue weighted by Gasteiger charge is 2.62. The fraction of sp³-hybridized carbons (Fsp3) is 0.609. The number of aliphatic hydroxyl groups is 1. The molecule has 0 spiro atoms. The first-order chi connectivity index (χ1) is 26.0. The second-order valence-electron chi connectivity index (χ2n) is 16.8. The Kier molecular flexibility index (Phi) is 11.2. The number of aromatic nitrogens is 1. The molecule has 1 aromatic heterocycles. The lowest BCUT2D eigenvalue weighted by Crippen LogP contribution is -2.51. The van der Waals surface area contributed by atoms with Crippen molar-refractivity contribution in [2.24, 2.45) is 17.3 Å². The summed E-state index contributed by atoms with van der Waals surface area (Å²) >= 11 is 0. The Morgan fingerprint density at radius 3 is 2.26 bits per heavy atom. The molecule has 4 aliphatic carbocycles. The highest BCUT2D eigenvalue weighted by atomic mass is 16.3. The van der Waals surface area contributed by atoms with Gasteiger partial charge in [0, 0.05) is 89.9 Å². The maximum atomic E-state index is 12.6. The van der Waals surface area contributed by atoms with E-state index in [-0.39, 0.29) is 17.1 Å². The Balaban J connectivity index is 1.08. The molecule has 0 amide bonds. The lowest BCUT2D eigenvalue weighted by Gasteiger charge is -2.53. The molecule has 54 heavy (non-hydrogen) atoms. The van der Waals surface area contributed by atoms with E-state index in [4.69, 9.17) is 4.98 Å². The average molecular weight is 733 g/mol. The third kappa shape index (κ3) is 6.96. The van der Waals surface area contributed by atoms with Crippen molar-refractivity contribution >= 4 is 28.8 Å². The van der Waals surface area contributed by atoms with E-state index in [0.29, 0.717) is 24.8 Å². The molecule has 1 N–H and O–H groups in total. The Hall–Kier alpha value is -3.80. The molecule has 5 atom stereocenters. The van der Waals surface area contributed by atoms with Crippen LogP contribution in [0.1, 0.15) is 91.0 Å². The van der Waals surface area contributed by atoms with E-state index < -0.39 is 5.60 Å². The van der Waals surface area contributed by atoms with Gasteiger partial charge in [0.1, 0.15) is 11.4 Å². The van der Waals surface area contributed by atoms with Crippen molar-refractivity contribution in [1.29, 1.82) is 0 Å². The Morgan fingerprint density at radius 1 is 0.889 bits per heavy atom. The predicted molar refractivity (Wildman–Crippen MR) is 224 cm³/mol. The Labute approximate surface area is 325 Å². The summed E-state index contributed by atoms with van der Waals surface area (Å²) in [5.41, 5.74) is 6.71. The fourth-order valence-corrected chi connectivity index (χ4v) is 10.8. The van der Waals surface area contributed by atoms with Gasteiger partial charge in [0.2, 0.25) is 0 Å². The van der Waals surface area contributed by atoms with Gasteiger partial charge >= 0.3 is 0 Å². The molecule has 0 radical (unpaired) electrons. The summed E-state index contributed by atoms with van der Waals surface area (Å²) in [6.07, 6.45) is 8.06. The summed E-state index contributed by atoms with van der Waals surface area (Å²) in [5.74, 6) is 10.5. The summed E-state index contributed by atoms with van der Waals surface area (Å²) in [4.78, 5) is 29.5. The van der Waals surface area contributed by atoms with Crippen LogP contribution in [0, 0.1) is 29.1 Å². The maximum absolute atomic E-state index is 12.6. The first-order valence-corrected chi connectivity index (χ1v) is 21.0. The number of hydrogen-bond acceptors (Lipinski definition) is 8. The highest BCUT2D eigenvalue weighted by Crippen LogP contribution is 2.66. The first-order valence-electron chi connectivity index (χ1n) is 21.0. The SMILES string of the molecule is CCN(CC)c1ccc(N2CCN(CC#C[C@@]3(O)CC[C@H]4[C@@H]5CCC6=CC(=O)CCC6=C5[C@@H](c5ccc(N(C)C)cc5)C[C@@]43C)CC2)nc1N(CC)CC. The van der Waals surface area contributed by atoms with Crippen LogP contribution in [0.2, 0.25) is 0 Å². The molecular formula is C46H64N6O2.